The van der Waals surface area contributed by atoms with Crippen molar-refractivity contribution in [3.63, 3.8) is 0 Å². The molecule has 0 atom stereocenters. The largest absolute Gasteiger partial charge is 0.313 e. The molecule has 0 aliphatic heterocycles. The van der Waals surface area contributed by atoms with E-state index in [1.807, 2.05) is 6.20 Å². The van der Waals surface area contributed by atoms with E-state index >= 15 is 0 Å². The van der Waals surface area contributed by atoms with Crippen molar-refractivity contribution in [2.45, 2.75) is 38.5 Å². The van der Waals surface area contributed by atoms with Crippen LogP contribution in [0.4, 0.5) is 0 Å². The monoisotopic (exact) mass is 705 g/mol. The van der Waals surface area contributed by atoms with E-state index in [1.165, 1.54) is 72.0 Å². The number of fused-ring (bicyclic) bond motifs is 9. The summed E-state index contributed by atoms with van der Waals surface area (Å²) in [5.41, 5.74) is 17.4. The van der Waals surface area contributed by atoms with Crippen molar-refractivity contribution < 1.29 is 0 Å². The summed E-state index contributed by atoms with van der Waals surface area (Å²) in [4.78, 5) is 10.3. The fraction of sp³-hybridized carbons (Fsp3) is 0.115. The first-order chi connectivity index (χ1) is 27.3. The molecule has 0 fully saturated rings. The zero-order chi connectivity index (χ0) is 36.3. The van der Waals surface area contributed by atoms with Crippen molar-refractivity contribution in [3.8, 4) is 28.1 Å². The highest BCUT2D eigenvalue weighted by Crippen LogP contribution is 2.42. The van der Waals surface area contributed by atoms with E-state index in [0.29, 0.717) is 0 Å². The van der Waals surface area contributed by atoms with Gasteiger partial charge in [0, 0.05) is 38.7 Å². The Bertz CT molecular complexity index is 2990. The summed E-state index contributed by atoms with van der Waals surface area (Å²) in [5, 5.41) is 5.98. The van der Waals surface area contributed by atoms with Gasteiger partial charge in [0.1, 0.15) is 0 Å². The molecule has 0 spiro atoms. The number of allylic oxidation sites excluding steroid dienone is 9. The Morgan fingerprint density at radius 2 is 1.16 bits per heavy atom. The van der Waals surface area contributed by atoms with E-state index in [1.54, 1.807) is 0 Å². The molecular formula is C52H39N3. The maximum absolute atomic E-state index is 5.30. The third-order valence-corrected chi connectivity index (χ3v) is 12.0. The van der Waals surface area contributed by atoms with E-state index < -0.39 is 0 Å². The number of para-hydroxylation sites is 1. The quantitative estimate of drug-likeness (QED) is 0.167. The lowest BCUT2D eigenvalue weighted by molar-refractivity contribution is 0.824. The van der Waals surface area contributed by atoms with Gasteiger partial charge in [-0.05, 0) is 119 Å². The van der Waals surface area contributed by atoms with Crippen LogP contribution >= 0.6 is 0 Å². The highest BCUT2D eigenvalue weighted by molar-refractivity contribution is 6.23. The second kappa shape index (κ2) is 13.1. The highest BCUT2D eigenvalue weighted by atomic mass is 15.0. The van der Waals surface area contributed by atoms with E-state index in [-0.39, 0.29) is 0 Å². The molecule has 55 heavy (non-hydrogen) atoms. The van der Waals surface area contributed by atoms with E-state index in [0.717, 1.165) is 71.6 Å². The van der Waals surface area contributed by atoms with Crippen LogP contribution in [0.3, 0.4) is 0 Å². The van der Waals surface area contributed by atoms with Gasteiger partial charge < -0.3 is 4.57 Å². The van der Waals surface area contributed by atoms with Gasteiger partial charge in [-0.2, -0.15) is 0 Å². The summed E-state index contributed by atoms with van der Waals surface area (Å²) in [6, 6.07) is 43.8. The maximum atomic E-state index is 5.30. The number of hydrogen-bond donors (Lipinski definition) is 0. The summed E-state index contributed by atoms with van der Waals surface area (Å²) >= 11 is 0. The molecule has 0 unspecified atom stereocenters. The molecule has 3 nitrogen and oxygen atoms in total. The van der Waals surface area contributed by atoms with E-state index in [2.05, 4.69) is 162 Å². The van der Waals surface area contributed by atoms with Crippen molar-refractivity contribution in [3.05, 3.63) is 191 Å². The smallest absolute Gasteiger partial charge is 0.0979 e. The Labute approximate surface area is 321 Å². The Balaban J connectivity index is 1.02. The third kappa shape index (κ3) is 5.41. The average Bonchev–Trinajstić information content (AvgIpc) is 3.60. The molecule has 2 heterocycles. The molecule has 3 aliphatic carbocycles. The van der Waals surface area contributed by atoms with Crippen molar-refractivity contribution in [2.75, 3.05) is 0 Å². The van der Waals surface area contributed by atoms with Crippen LogP contribution in [0, 0.1) is 0 Å². The van der Waals surface area contributed by atoms with Crippen LogP contribution < -0.4 is 0 Å². The molecule has 3 heteroatoms. The van der Waals surface area contributed by atoms with Gasteiger partial charge in [-0.25, -0.2) is 4.98 Å². The van der Waals surface area contributed by atoms with Gasteiger partial charge in [0.2, 0.25) is 0 Å². The van der Waals surface area contributed by atoms with Crippen LogP contribution in [0.2, 0.25) is 0 Å². The minimum Gasteiger partial charge on any atom is -0.313 e. The summed E-state index contributed by atoms with van der Waals surface area (Å²) in [6.45, 7) is 0. The molecule has 3 aliphatic rings. The summed E-state index contributed by atoms with van der Waals surface area (Å²) < 4.78 is 2.49. The van der Waals surface area contributed by atoms with Gasteiger partial charge in [-0.1, -0.05) is 121 Å². The molecule has 262 valence electrons. The maximum Gasteiger partial charge on any atom is 0.0979 e. The average molecular weight is 706 g/mol. The molecule has 0 saturated carbocycles. The van der Waals surface area contributed by atoms with Gasteiger partial charge in [0.05, 0.1) is 28.4 Å². The first kappa shape index (κ1) is 31.9. The van der Waals surface area contributed by atoms with Crippen molar-refractivity contribution in [2.24, 2.45) is 0 Å². The van der Waals surface area contributed by atoms with Crippen LogP contribution in [0.25, 0.3) is 77.6 Å². The van der Waals surface area contributed by atoms with E-state index in [9.17, 15) is 0 Å². The summed E-state index contributed by atoms with van der Waals surface area (Å²) in [7, 11) is 0. The summed E-state index contributed by atoms with van der Waals surface area (Å²) in [6.07, 6.45) is 22.7. The minimum absolute atomic E-state index is 0.880. The highest BCUT2D eigenvalue weighted by Gasteiger charge is 2.24. The summed E-state index contributed by atoms with van der Waals surface area (Å²) in [5.74, 6) is 0. The second-order valence-electron chi connectivity index (χ2n) is 15.1. The van der Waals surface area contributed by atoms with Crippen LogP contribution in [0.1, 0.15) is 43.4 Å². The first-order valence-electron chi connectivity index (χ1n) is 19.6. The van der Waals surface area contributed by atoms with Crippen LogP contribution in [-0.2, 0) is 6.42 Å². The lowest BCUT2D eigenvalue weighted by Gasteiger charge is -2.23. The predicted molar refractivity (Wildman–Crippen MR) is 230 cm³/mol. The minimum atomic E-state index is 0.880. The Hall–Kier alpha value is -6.58. The lowest BCUT2D eigenvalue weighted by Crippen LogP contribution is -2.07. The van der Waals surface area contributed by atoms with Gasteiger partial charge in [-0.3, -0.25) is 4.98 Å². The number of nitrogens with zero attached hydrogens (tertiary/aromatic N) is 3. The number of aromatic nitrogens is 3. The second-order valence-corrected chi connectivity index (χ2v) is 15.1. The molecule has 11 rings (SSSR count). The van der Waals surface area contributed by atoms with Crippen molar-refractivity contribution in [1.29, 1.82) is 0 Å². The molecular weight excluding hydrogens is 667 g/mol. The van der Waals surface area contributed by atoms with Crippen molar-refractivity contribution >= 4 is 49.6 Å². The SMILES string of the molecule is C1=CCCC(C2=CC=C(C3=Cc4c(n(-c5ccccc5)c5ccc(-c6cccc(-c7cnc8c9ccccc9c9ccccc9c8n7)c6)cc45)CC3)CC2)=C1. The van der Waals surface area contributed by atoms with Crippen LogP contribution in [-0.4, -0.2) is 14.5 Å². The van der Waals surface area contributed by atoms with Gasteiger partial charge in [0.25, 0.3) is 0 Å². The van der Waals surface area contributed by atoms with Gasteiger partial charge >= 0.3 is 0 Å². The zero-order valence-corrected chi connectivity index (χ0v) is 30.7. The fourth-order valence-corrected chi connectivity index (χ4v) is 9.24. The molecule has 8 aromatic rings. The van der Waals surface area contributed by atoms with Crippen molar-refractivity contribution in [1.82, 2.24) is 14.5 Å². The topological polar surface area (TPSA) is 30.7 Å². The van der Waals surface area contributed by atoms with Gasteiger partial charge in [-0.15, -0.1) is 0 Å². The lowest BCUT2D eigenvalue weighted by atomic mass is 9.83. The molecule has 0 N–H and O–H groups in total. The van der Waals surface area contributed by atoms with Crippen LogP contribution in [0.5, 0.6) is 0 Å². The molecule has 0 radical (unpaired) electrons. The predicted octanol–water partition coefficient (Wildman–Crippen LogP) is 13.5. The Kier molecular flexibility index (Phi) is 7.58. The fourth-order valence-electron chi connectivity index (χ4n) is 9.24. The molecule has 0 saturated heterocycles. The first-order valence-corrected chi connectivity index (χ1v) is 19.6. The van der Waals surface area contributed by atoms with Crippen LogP contribution in [0.15, 0.2) is 180 Å². The zero-order valence-electron chi connectivity index (χ0n) is 30.7. The normalized spacial score (nSPS) is 15.6. The Morgan fingerprint density at radius 1 is 0.491 bits per heavy atom. The Morgan fingerprint density at radius 3 is 1.93 bits per heavy atom. The molecule has 0 amide bonds. The number of hydrogen-bond acceptors (Lipinski definition) is 2. The molecule has 6 aromatic carbocycles. The third-order valence-electron chi connectivity index (χ3n) is 12.0. The standard InChI is InChI=1S/C52H39N3/c1-3-12-34(13-4-1)35-22-24-36(25-23-35)38-26-28-49-46(31-38)47-32-39(27-29-50(47)55(49)41-16-5-2-6-17-41)37-14-11-15-40(30-37)48-33-53-51-44-20-9-7-18-42(44)43-19-8-10-21-45(43)52(51)54-48/h1-3,5-12,14-22,24,27,29-33H,4,13,23,25-26,28H2. The number of benzene rings is 6. The van der Waals surface area contributed by atoms with E-state index in [4.69, 9.17) is 9.97 Å². The van der Waals surface area contributed by atoms with Gasteiger partial charge in [0.15, 0.2) is 0 Å². The molecule has 0 bridgehead atoms. The molecule has 2 aromatic heterocycles. The number of rotatable bonds is 5.